The lowest BCUT2D eigenvalue weighted by molar-refractivity contribution is -0.145. The lowest BCUT2D eigenvalue weighted by Gasteiger charge is -2.23. The van der Waals surface area contributed by atoms with Gasteiger partial charge in [-0.15, -0.1) is 11.6 Å². The Hall–Kier alpha value is -0.0000000000000000555. The van der Waals surface area contributed by atoms with Crippen LogP contribution in [0.1, 0.15) is 6.42 Å². The molecule has 15 heavy (non-hydrogen) atoms. The van der Waals surface area contributed by atoms with E-state index in [2.05, 4.69) is 0 Å². The van der Waals surface area contributed by atoms with Crippen LogP contribution in [-0.2, 0) is 0 Å². The van der Waals surface area contributed by atoms with E-state index in [0.717, 1.165) is 13.0 Å². The lowest BCUT2D eigenvalue weighted by atomic mass is 10.3. The van der Waals surface area contributed by atoms with E-state index in [4.69, 9.17) is 11.6 Å². The average Bonchev–Trinajstić information content (AvgIpc) is 2.00. The maximum Gasteiger partial charge on any atom is 0.401 e. The molecule has 0 bridgehead atoms. The molecule has 0 aliphatic rings. The third-order valence-corrected chi connectivity index (χ3v) is 2.05. The molecule has 0 unspecified atom stereocenters. The topological polar surface area (TPSA) is 6.48 Å². The van der Waals surface area contributed by atoms with Crippen LogP contribution in [0.25, 0.3) is 0 Å². The molecule has 92 valence electrons. The average molecular weight is 247 g/mol. The Bertz CT molecular complexity index is 162. The van der Waals surface area contributed by atoms with Crippen molar-refractivity contribution in [3.05, 3.63) is 0 Å². The molecule has 0 radical (unpaired) electrons. The van der Waals surface area contributed by atoms with Gasteiger partial charge in [-0.2, -0.15) is 13.2 Å². The maximum absolute atomic E-state index is 12.1. The molecule has 0 fully saturated rings. The van der Waals surface area contributed by atoms with E-state index < -0.39 is 12.7 Å². The third-order valence-electron chi connectivity index (χ3n) is 1.88. The lowest BCUT2D eigenvalue weighted by Crippen LogP contribution is -2.37. The van der Waals surface area contributed by atoms with E-state index in [9.17, 15) is 13.2 Å². The Morgan fingerprint density at radius 2 is 1.67 bits per heavy atom. The van der Waals surface area contributed by atoms with Gasteiger partial charge in [0.25, 0.3) is 0 Å². The van der Waals surface area contributed by atoms with Gasteiger partial charge in [-0.3, -0.25) is 4.90 Å². The highest BCUT2D eigenvalue weighted by Gasteiger charge is 2.30. The Morgan fingerprint density at radius 1 is 1.07 bits per heavy atom. The number of rotatable bonds is 7. The van der Waals surface area contributed by atoms with Crippen molar-refractivity contribution in [1.82, 2.24) is 9.80 Å². The molecule has 0 amide bonds. The van der Waals surface area contributed by atoms with E-state index in [-0.39, 0.29) is 12.4 Å². The van der Waals surface area contributed by atoms with Crippen molar-refractivity contribution in [3.8, 4) is 0 Å². The van der Waals surface area contributed by atoms with Crippen LogP contribution in [0.15, 0.2) is 0 Å². The highest BCUT2D eigenvalue weighted by atomic mass is 35.5. The van der Waals surface area contributed by atoms with Gasteiger partial charge in [0.2, 0.25) is 0 Å². The summed E-state index contributed by atoms with van der Waals surface area (Å²) in [7, 11) is 3.80. The van der Waals surface area contributed by atoms with Crippen LogP contribution in [0.5, 0.6) is 0 Å². The number of nitrogens with zero attached hydrogens (tertiary/aromatic N) is 2. The number of halogens is 4. The molecule has 6 heteroatoms. The smallest absolute Gasteiger partial charge is 0.309 e. The monoisotopic (exact) mass is 246 g/mol. The van der Waals surface area contributed by atoms with Crippen LogP contribution in [0.2, 0.25) is 0 Å². The predicted octanol–water partition coefficient (Wildman–Crippen LogP) is 2.04. The Kier molecular flexibility index (Phi) is 7.30. The summed E-state index contributed by atoms with van der Waals surface area (Å²) < 4.78 is 36.4. The molecular weight excluding hydrogens is 229 g/mol. The second-order valence-corrected chi connectivity index (χ2v) is 4.12. The van der Waals surface area contributed by atoms with E-state index >= 15 is 0 Å². The van der Waals surface area contributed by atoms with E-state index in [1.165, 1.54) is 4.90 Å². The molecule has 0 aliphatic heterocycles. The minimum absolute atomic E-state index is 0.234. The van der Waals surface area contributed by atoms with Crippen molar-refractivity contribution >= 4 is 11.6 Å². The summed E-state index contributed by atoms with van der Waals surface area (Å²) in [5.41, 5.74) is 0. The zero-order valence-corrected chi connectivity index (χ0v) is 9.90. The fourth-order valence-electron chi connectivity index (χ4n) is 1.25. The van der Waals surface area contributed by atoms with Crippen LogP contribution >= 0.6 is 11.6 Å². The fourth-order valence-corrected chi connectivity index (χ4v) is 1.49. The van der Waals surface area contributed by atoms with Gasteiger partial charge < -0.3 is 4.90 Å². The summed E-state index contributed by atoms with van der Waals surface area (Å²) in [6, 6.07) is 0. The summed E-state index contributed by atoms with van der Waals surface area (Å²) in [6.07, 6.45) is -3.41. The van der Waals surface area contributed by atoms with Gasteiger partial charge in [-0.05, 0) is 33.6 Å². The molecule has 0 aromatic heterocycles. The van der Waals surface area contributed by atoms with Gasteiger partial charge in [0.1, 0.15) is 0 Å². The summed E-state index contributed by atoms with van der Waals surface area (Å²) in [5, 5.41) is 0. The summed E-state index contributed by atoms with van der Waals surface area (Å²) in [6.45, 7) is 0.642. The molecule has 0 heterocycles. The largest absolute Gasteiger partial charge is 0.401 e. The van der Waals surface area contributed by atoms with Crippen molar-refractivity contribution in [2.24, 2.45) is 0 Å². The van der Waals surface area contributed by atoms with E-state index in [0.29, 0.717) is 6.54 Å². The molecule has 0 rings (SSSR count). The Balaban J connectivity index is 3.83. The normalized spacial score (nSPS) is 12.8. The van der Waals surface area contributed by atoms with Crippen molar-refractivity contribution in [1.29, 1.82) is 0 Å². The Labute approximate surface area is 94.0 Å². The minimum Gasteiger partial charge on any atom is -0.309 e. The van der Waals surface area contributed by atoms with Crippen LogP contribution in [-0.4, -0.2) is 62.1 Å². The van der Waals surface area contributed by atoms with Gasteiger partial charge >= 0.3 is 6.18 Å². The van der Waals surface area contributed by atoms with Crippen LogP contribution in [0, 0.1) is 0 Å². The second-order valence-electron chi connectivity index (χ2n) is 3.74. The molecular formula is C9H18ClF3N2. The molecule has 0 atom stereocenters. The SMILES string of the molecule is CN(C)CCCN(CCCl)CC(F)(F)F. The molecule has 0 aliphatic carbocycles. The van der Waals surface area contributed by atoms with Gasteiger partial charge in [-0.1, -0.05) is 0 Å². The molecule has 2 nitrogen and oxygen atoms in total. The third kappa shape index (κ3) is 10.3. The quantitative estimate of drug-likeness (QED) is 0.635. The summed E-state index contributed by atoms with van der Waals surface area (Å²) in [4.78, 5) is 3.29. The molecule has 0 N–H and O–H groups in total. The number of hydrogen-bond donors (Lipinski definition) is 0. The van der Waals surface area contributed by atoms with Crippen LogP contribution in [0.4, 0.5) is 13.2 Å². The van der Waals surface area contributed by atoms with Crippen LogP contribution < -0.4 is 0 Å². The van der Waals surface area contributed by atoms with Crippen molar-refractivity contribution in [2.75, 3.05) is 46.2 Å². The molecule has 0 aromatic rings. The van der Waals surface area contributed by atoms with Gasteiger partial charge in [0.15, 0.2) is 0 Å². The summed E-state index contributed by atoms with van der Waals surface area (Å²) in [5.74, 6) is 0.234. The van der Waals surface area contributed by atoms with Crippen molar-refractivity contribution in [2.45, 2.75) is 12.6 Å². The highest BCUT2D eigenvalue weighted by molar-refractivity contribution is 6.18. The maximum atomic E-state index is 12.1. The standard InChI is InChI=1S/C9H18ClF3N2/c1-14(2)5-3-6-15(7-4-10)8-9(11,12)13/h3-8H2,1-2H3. The first-order valence-corrected chi connectivity index (χ1v) is 5.38. The van der Waals surface area contributed by atoms with Gasteiger partial charge in [0.05, 0.1) is 6.54 Å². The number of hydrogen-bond acceptors (Lipinski definition) is 2. The fraction of sp³-hybridized carbons (Fsp3) is 1.00. The first-order valence-electron chi connectivity index (χ1n) is 4.85. The molecule has 0 aromatic carbocycles. The summed E-state index contributed by atoms with van der Waals surface area (Å²) >= 11 is 5.45. The van der Waals surface area contributed by atoms with Crippen LogP contribution in [0.3, 0.4) is 0 Å². The van der Waals surface area contributed by atoms with Gasteiger partial charge in [-0.25, -0.2) is 0 Å². The zero-order valence-electron chi connectivity index (χ0n) is 9.15. The number of alkyl halides is 4. The van der Waals surface area contributed by atoms with Crippen molar-refractivity contribution < 1.29 is 13.2 Å². The minimum atomic E-state index is -4.13. The van der Waals surface area contributed by atoms with Gasteiger partial charge in [0, 0.05) is 12.4 Å². The predicted molar refractivity (Wildman–Crippen MR) is 56.4 cm³/mol. The van der Waals surface area contributed by atoms with Crippen molar-refractivity contribution in [3.63, 3.8) is 0 Å². The van der Waals surface area contributed by atoms with E-state index in [1.54, 1.807) is 0 Å². The van der Waals surface area contributed by atoms with E-state index in [1.807, 2.05) is 19.0 Å². The Morgan fingerprint density at radius 3 is 2.07 bits per heavy atom. The molecule has 0 spiro atoms. The molecule has 0 saturated carbocycles. The first kappa shape index (κ1) is 15.0. The molecule has 0 saturated heterocycles. The highest BCUT2D eigenvalue weighted by Crippen LogP contribution is 2.16. The zero-order chi connectivity index (χ0) is 11.9. The first-order chi connectivity index (χ1) is 6.85. The second kappa shape index (κ2) is 7.30.